The first-order valence-corrected chi connectivity index (χ1v) is 5.92. The molecule has 0 atom stereocenters. The lowest BCUT2D eigenvalue weighted by Crippen LogP contribution is -2.11. The number of rotatable bonds is 5. The van der Waals surface area contributed by atoms with Crippen molar-refractivity contribution in [3.05, 3.63) is 30.4 Å². The van der Waals surface area contributed by atoms with Crippen LogP contribution < -0.4 is 11.3 Å². The van der Waals surface area contributed by atoms with Gasteiger partial charge in [-0.3, -0.25) is 0 Å². The van der Waals surface area contributed by atoms with E-state index in [0.717, 1.165) is 0 Å². The lowest BCUT2D eigenvalue weighted by molar-refractivity contribution is 0.177. The average molecular weight is 264 g/mol. The number of hydrogen-bond acceptors (Lipinski definition) is 8. The molecular weight excluding hydrogens is 252 g/mol. The molecule has 0 aliphatic carbocycles. The second-order valence-electron chi connectivity index (χ2n) is 3.22. The van der Waals surface area contributed by atoms with E-state index in [9.17, 15) is 0 Å². The van der Waals surface area contributed by atoms with Crippen LogP contribution in [0.1, 0.15) is 5.82 Å². The Kier molecular flexibility index (Phi) is 4.40. The summed E-state index contributed by atoms with van der Waals surface area (Å²) < 4.78 is 5.00. The smallest absolute Gasteiger partial charge is 0.193 e. The van der Waals surface area contributed by atoms with Gasteiger partial charge in [0.2, 0.25) is 0 Å². The molecule has 94 valence electrons. The Bertz CT molecular complexity index is 509. The number of nitrogens with one attached hydrogen (secondary N) is 1. The van der Waals surface area contributed by atoms with Crippen molar-refractivity contribution in [2.24, 2.45) is 5.84 Å². The van der Waals surface area contributed by atoms with Gasteiger partial charge in [0, 0.05) is 25.6 Å². The molecule has 0 aliphatic heterocycles. The molecule has 0 aliphatic rings. The Labute approximate surface area is 108 Å². The molecule has 0 aromatic carbocycles. The first-order chi connectivity index (χ1) is 8.81. The van der Waals surface area contributed by atoms with Crippen molar-refractivity contribution in [2.75, 3.05) is 12.5 Å². The predicted molar refractivity (Wildman–Crippen MR) is 66.7 cm³/mol. The summed E-state index contributed by atoms with van der Waals surface area (Å²) in [6.45, 7) is 0.318. The van der Waals surface area contributed by atoms with Gasteiger partial charge in [-0.25, -0.2) is 25.8 Å². The van der Waals surface area contributed by atoms with E-state index in [0.29, 0.717) is 28.4 Å². The molecule has 0 bridgehead atoms. The zero-order chi connectivity index (χ0) is 12.8. The average Bonchev–Trinajstić information content (AvgIpc) is 2.40. The van der Waals surface area contributed by atoms with Crippen molar-refractivity contribution in [2.45, 2.75) is 16.8 Å². The fraction of sp³-hybridized carbons (Fsp3) is 0.200. The van der Waals surface area contributed by atoms with Gasteiger partial charge in [-0.1, -0.05) is 0 Å². The molecule has 8 heteroatoms. The first-order valence-electron chi connectivity index (χ1n) is 5.10. The maximum atomic E-state index is 5.36. The van der Waals surface area contributed by atoms with Crippen LogP contribution in [-0.4, -0.2) is 27.0 Å². The van der Waals surface area contributed by atoms with Crippen LogP contribution in [0.15, 0.2) is 34.7 Å². The Morgan fingerprint density at radius 2 is 2.11 bits per heavy atom. The SMILES string of the molecule is COCc1nc(NN)cc(Sc2ncccn2)n1. The van der Waals surface area contributed by atoms with Crippen molar-refractivity contribution in [1.82, 2.24) is 19.9 Å². The van der Waals surface area contributed by atoms with Crippen LogP contribution in [0.5, 0.6) is 0 Å². The highest BCUT2D eigenvalue weighted by Gasteiger charge is 2.07. The molecule has 2 aromatic rings. The zero-order valence-corrected chi connectivity index (χ0v) is 10.5. The molecule has 2 heterocycles. The number of aromatic nitrogens is 4. The molecule has 18 heavy (non-hydrogen) atoms. The summed E-state index contributed by atoms with van der Waals surface area (Å²) in [5.41, 5.74) is 2.49. The van der Waals surface area contributed by atoms with Crippen LogP contribution in [0.4, 0.5) is 5.82 Å². The normalized spacial score (nSPS) is 10.3. The maximum absolute atomic E-state index is 5.36. The summed E-state index contributed by atoms with van der Waals surface area (Å²) in [5.74, 6) is 6.43. The summed E-state index contributed by atoms with van der Waals surface area (Å²) in [6.07, 6.45) is 3.35. The summed E-state index contributed by atoms with van der Waals surface area (Å²) in [7, 11) is 1.58. The third-order valence-electron chi connectivity index (χ3n) is 1.91. The van der Waals surface area contributed by atoms with Gasteiger partial charge in [-0.2, -0.15) is 0 Å². The van der Waals surface area contributed by atoms with Gasteiger partial charge in [-0.05, 0) is 17.8 Å². The number of methoxy groups -OCH3 is 1. The van der Waals surface area contributed by atoms with E-state index < -0.39 is 0 Å². The van der Waals surface area contributed by atoms with E-state index in [2.05, 4.69) is 25.4 Å². The molecule has 0 saturated carbocycles. The lowest BCUT2D eigenvalue weighted by Gasteiger charge is -2.06. The Hall–Kier alpha value is -1.77. The standard InChI is InChI=1S/C10H12N6OS/c1-17-6-8-14-7(16-11)5-9(15-8)18-10-12-3-2-4-13-10/h2-5H,6,11H2,1H3,(H,14,15,16). The molecule has 2 rings (SSSR count). The number of anilines is 1. The summed E-state index contributed by atoms with van der Waals surface area (Å²) >= 11 is 1.33. The molecule has 0 radical (unpaired) electrons. The van der Waals surface area contributed by atoms with Crippen molar-refractivity contribution >= 4 is 17.6 Å². The van der Waals surface area contributed by atoms with Crippen LogP contribution in [-0.2, 0) is 11.3 Å². The van der Waals surface area contributed by atoms with Crippen molar-refractivity contribution in [3.8, 4) is 0 Å². The summed E-state index contributed by atoms with van der Waals surface area (Å²) in [4.78, 5) is 16.7. The third kappa shape index (κ3) is 3.36. The van der Waals surface area contributed by atoms with Crippen molar-refractivity contribution in [3.63, 3.8) is 0 Å². The fourth-order valence-corrected chi connectivity index (χ4v) is 1.96. The van der Waals surface area contributed by atoms with E-state index in [4.69, 9.17) is 10.6 Å². The quantitative estimate of drug-likeness (QED) is 0.355. The molecule has 0 amide bonds. The van der Waals surface area contributed by atoms with Crippen LogP contribution >= 0.6 is 11.8 Å². The Morgan fingerprint density at radius 1 is 1.33 bits per heavy atom. The fourth-order valence-electron chi connectivity index (χ4n) is 1.22. The maximum Gasteiger partial charge on any atom is 0.193 e. The van der Waals surface area contributed by atoms with Crippen LogP contribution in [0.25, 0.3) is 0 Å². The molecule has 2 aromatic heterocycles. The minimum Gasteiger partial charge on any atom is -0.377 e. The molecule has 0 fully saturated rings. The topological polar surface area (TPSA) is 98.8 Å². The molecule has 0 unspecified atom stereocenters. The molecule has 0 spiro atoms. The van der Waals surface area contributed by atoms with E-state index in [1.54, 1.807) is 31.6 Å². The second-order valence-corrected chi connectivity index (χ2v) is 4.21. The highest BCUT2D eigenvalue weighted by molar-refractivity contribution is 7.99. The predicted octanol–water partition coefficient (Wildman–Crippen LogP) is 0.850. The van der Waals surface area contributed by atoms with Crippen molar-refractivity contribution in [1.29, 1.82) is 0 Å². The largest absolute Gasteiger partial charge is 0.377 e. The summed E-state index contributed by atoms with van der Waals surface area (Å²) in [5, 5.41) is 1.32. The van der Waals surface area contributed by atoms with E-state index >= 15 is 0 Å². The van der Waals surface area contributed by atoms with Gasteiger partial charge >= 0.3 is 0 Å². The van der Waals surface area contributed by atoms with Crippen LogP contribution in [0.3, 0.4) is 0 Å². The molecule has 7 nitrogen and oxygen atoms in total. The number of hydrogen-bond donors (Lipinski definition) is 2. The number of nitrogens with two attached hydrogens (primary N) is 1. The van der Waals surface area contributed by atoms with Gasteiger partial charge in [-0.15, -0.1) is 0 Å². The number of hydrazine groups is 1. The number of nitrogens with zero attached hydrogens (tertiary/aromatic N) is 4. The highest BCUT2D eigenvalue weighted by atomic mass is 32.2. The molecule has 0 saturated heterocycles. The molecule has 3 N–H and O–H groups in total. The van der Waals surface area contributed by atoms with Gasteiger partial charge < -0.3 is 10.2 Å². The monoisotopic (exact) mass is 264 g/mol. The van der Waals surface area contributed by atoms with E-state index in [1.807, 2.05) is 0 Å². The minimum absolute atomic E-state index is 0.318. The lowest BCUT2D eigenvalue weighted by atomic mass is 10.5. The second kappa shape index (κ2) is 6.24. The number of ether oxygens (including phenoxy) is 1. The van der Waals surface area contributed by atoms with Gasteiger partial charge in [0.25, 0.3) is 0 Å². The van der Waals surface area contributed by atoms with Crippen LogP contribution in [0.2, 0.25) is 0 Å². The molecular formula is C10H12N6OS. The van der Waals surface area contributed by atoms with Gasteiger partial charge in [0.1, 0.15) is 17.5 Å². The van der Waals surface area contributed by atoms with E-state index in [1.165, 1.54) is 11.8 Å². The van der Waals surface area contributed by atoms with Crippen molar-refractivity contribution < 1.29 is 4.74 Å². The third-order valence-corrected chi connectivity index (χ3v) is 2.72. The first kappa shape index (κ1) is 12.7. The zero-order valence-electron chi connectivity index (χ0n) is 9.70. The Morgan fingerprint density at radius 3 is 2.78 bits per heavy atom. The van der Waals surface area contributed by atoms with Gasteiger partial charge in [0.05, 0.1) is 0 Å². The van der Waals surface area contributed by atoms with Crippen LogP contribution in [0, 0.1) is 0 Å². The minimum atomic E-state index is 0.318. The Balaban J connectivity index is 2.24. The number of nitrogen functional groups attached to an aromatic ring is 1. The van der Waals surface area contributed by atoms with Gasteiger partial charge in [0.15, 0.2) is 11.0 Å². The summed E-state index contributed by atoms with van der Waals surface area (Å²) in [6, 6.07) is 3.48. The highest BCUT2D eigenvalue weighted by Crippen LogP contribution is 2.23. The van der Waals surface area contributed by atoms with E-state index in [-0.39, 0.29) is 0 Å².